The number of nitrogens with one attached hydrogen (secondary N) is 2. The number of piperidine rings is 1. The average Bonchev–Trinajstić information content (AvgIpc) is 3.45. The predicted molar refractivity (Wildman–Crippen MR) is 147 cm³/mol. The Morgan fingerprint density at radius 1 is 1.19 bits per heavy atom. The van der Waals surface area contributed by atoms with Crippen LogP contribution in [0.3, 0.4) is 0 Å². The van der Waals surface area contributed by atoms with Gasteiger partial charge in [-0.05, 0) is 44.6 Å². The fourth-order valence-electron chi connectivity index (χ4n) is 4.84. The first-order valence-corrected chi connectivity index (χ1v) is 13.8. The predicted octanol–water partition coefficient (Wildman–Crippen LogP) is 3.20. The van der Waals surface area contributed by atoms with Crippen LogP contribution in [0.15, 0.2) is 30.0 Å². The van der Waals surface area contributed by atoms with Gasteiger partial charge in [0, 0.05) is 55.3 Å². The van der Waals surface area contributed by atoms with Crippen LogP contribution < -0.4 is 25.0 Å². The molecule has 0 aliphatic carbocycles. The quantitative estimate of drug-likeness (QED) is 0.447. The molecule has 36 heavy (non-hydrogen) atoms. The number of fused-ring (bicyclic) bond motifs is 1. The lowest BCUT2D eigenvalue weighted by Crippen LogP contribution is -2.51. The van der Waals surface area contributed by atoms with Gasteiger partial charge in [-0.15, -0.1) is 11.3 Å². The van der Waals surface area contributed by atoms with Crippen LogP contribution >= 0.6 is 23.6 Å². The summed E-state index contributed by atoms with van der Waals surface area (Å²) in [7, 11) is 1.68. The highest BCUT2D eigenvalue weighted by molar-refractivity contribution is 7.80. The minimum Gasteiger partial charge on any atom is -0.493 e. The number of hydrogen-bond acceptors (Lipinski definition) is 9. The molecule has 2 unspecified atom stereocenters. The van der Waals surface area contributed by atoms with Crippen LogP contribution in [-0.2, 0) is 6.54 Å². The number of ether oxygens (including phenoxy) is 2. The number of thiazole rings is 1. The number of anilines is 1. The first kappa shape index (κ1) is 24.9. The van der Waals surface area contributed by atoms with E-state index in [2.05, 4.69) is 42.3 Å². The molecule has 0 bridgehead atoms. The molecular weight excluding hydrogens is 494 g/mol. The summed E-state index contributed by atoms with van der Waals surface area (Å²) in [6.45, 7) is 7.09. The van der Waals surface area contributed by atoms with Crippen molar-refractivity contribution in [2.75, 3.05) is 44.7 Å². The molecule has 2 atom stereocenters. The molecular formula is C25H33N7O2S2. The molecule has 9 nitrogen and oxygen atoms in total. The van der Waals surface area contributed by atoms with Gasteiger partial charge in [0.2, 0.25) is 0 Å². The third-order valence-electron chi connectivity index (χ3n) is 6.87. The minimum absolute atomic E-state index is 0.0408. The van der Waals surface area contributed by atoms with E-state index in [1.807, 2.05) is 23.7 Å². The third kappa shape index (κ3) is 5.63. The first-order valence-electron chi connectivity index (χ1n) is 12.5. The van der Waals surface area contributed by atoms with Gasteiger partial charge in [-0.3, -0.25) is 0 Å². The summed E-state index contributed by atoms with van der Waals surface area (Å²) >= 11 is 7.25. The lowest BCUT2D eigenvalue weighted by atomic mass is 10.0. The van der Waals surface area contributed by atoms with Crippen LogP contribution in [0.4, 0.5) is 5.82 Å². The lowest BCUT2D eigenvalue weighted by molar-refractivity contribution is 0.148. The van der Waals surface area contributed by atoms with Crippen LogP contribution in [0.1, 0.15) is 31.2 Å². The van der Waals surface area contributed by atoms with E-state index in [9.17, 15) is 0 Å². The molecule has 0 radical (unpaired) electrons. The molecule has 3 aromatic rings. The summed E-state index contributed by atoms with van der Waals surface area (Å²) in [4.78, 5) is 18.0. The number of rotatable bonds is 7. The maximum absolute atomic E-state index is 6.37. The molecule has 2 fully saturated rings. The van der Waals surface area contributed by atoms with Gasteiger partial charge in [0.1, 0.15) is 23.3 Å². The Labute approximate surface area is 221 Å². The number of benzene rings is 1. The fourth-order valence-corrected chi connectivity index (χ4v) is 5.65. The summed E-state index contributed by atoms with van der Waals surface area (Å²) in [6.07, 6.45) is 7.07. The number of nitrogens with zero attached hydrogens (tertiary/aromatic N) is 5. The maximum atomic E-state index is 6.37. The van der Waals surface area contributed by atoms with E-state index >= 15 is 0 Å². The lowest BCUT2D eigenvalue weighted by Gasteiger charge is -2.37. The van der Waals surface area contributed by atoms with Crippen LogP contribution in [-0.4, -0.2) is 76.9 Å². The molecule has 4 heterocycles. The summed E-state index contributed by atoms with van der Waals surface area (Å²) in [5, 5.41) is 11.6. The molecule has 2 saturated heterocycles. The Balaban J connectivity index is 1.27. The van der Waals surface area contributed by atoms with E-state index in [1.165, 1.54) is 12.8 Å². The number of methoxy groups -OCH3 is 1. The van der Waals surface area contributed by atoms with Crippen LogP contribution in [0.5, 0.6) is 11.5 Å². The first-order chi connectivity index (χ1) is 17.6. The van der Waals surface area contributed by atoms with E-state index < -0.39 is 0 Å². The zero-order valence-electron chi connectivity index (χ0n) is 20.8. The minimum atomic E-state index is 0.0408. The van der Waals surface area contributed by atoms with Crippen LogP contribution in [0, 0.1) is 0 Å². The van der Waals surface area contributed by atoms with E-state index in [0.717, 1.165) is 71.7 Å². The second-order valence-corrected chi connectivity index (χ2v) is 10.5. The average molecular weight is 528 g/mol. The molecule has 0 spiro atoms. The van der Waals surface area contributed by atoms with Crippen molar-refractivity contribution < 1.29 is 9.47 Å². The maximum Gasteiger partial charge on any atom is 0.169 e. The molecule has 0 amide bonds. The highest BCUT2D eigenvalue weighted by Crippen LogP contribution is 2.36. The Bertz CT molecular complexity index is 1160. The van der Waals surface area contributed by atoms with Gasteiger partial charge in [-0.25, -0.2) is 15.0 Å². The van der Waals surface area contributed by atoms with E-state index in [-0.39, 0.29) is 6.10 Å². The number of aromatic nitrogens is 3. The van der Waals surface area contributed by atoms with Gasteiger partial charge in [0.05, 0.1) is 19.2 Å². The highest BCUT2D eigenvalue weighted by Gasteiger charge is 2.25. The Kier molecular flexibility index (Phi) is 7.98. The van der Waals surface area contributed by atoms with Gasteiger partial charge in [-0.2, -0.15) is 0 Å². The summed E-state index contributed by atoms with van der Waals surface area (Å²) in [6, 6.07) is 4.33. The number of thiocarbonyl (C=S) groups is 1. The van der Waals surface area contributed by atoms with Crippen molar-refractivity contribution in [2.24, 2.45) is 0 Å². The topological polar surface area (TPSA) is 87.7 Å². The Morgan fingerprint density at radius 3 is 2.78 bits per heavy atom. The van der Waals surface area contributed by atoms with E-state index in [0.29, 0.717) is 18.3 Å². The van der Waals surface area contributed by atoms with Crippen LogP contribution in [0.25, 0.3) is 10.9 Å². The smallest absolute Gasteiger partial charge is 0.169 e. The van der Waals surface area contributed by atoms with Gasteiger partial charge < -0.3 is 29.9 Å². The SMILES string of the molecule is COc1cc2c(N3CCN(C(=S)NCc4nccs4)CC3)ncnc2cc1OC(C)C1CCCCN1. The van der Waals surface area contributed by atoms with Crippen molar-refractivity contribution in [3.8, 4) is 11.5 Å². The third-order valence-corrected chi connectivity index (χ3v) is 8.05. The van der Waals surface area contributed by atoms with Gasteiger partial charge in [-0.1, -0.05) is 6.42 Å². The van der Waals surface area contributed by atoms with Crippen molar-refractivity contribution in [3.63, 3.8) is 0 Å². The fraction of sp³-hybridized carbons (Fsp3) is 0.520. The number of hydrogen-bond donors (Lipinski definition) is 2. The second kappa shape index (κ2) is 11.5. The molecule has 5 rings (SSSR count). The van der Waals surface area contributed by atoms with Gasteiger partial charge in [0.25, 0.3) is 0 Å². The monoisotopic (exact) mass is 527 g/mol. The molecule has 2 aliphatic rings. The van der Waals surface area contributed by atoms with Crippen LogP contribution in [0.2, 0.25) is 0 Å². The van der Waals surface area contributed by atoms with Gasteiger partial charge in [0.15, 0.2) is 16.6 Å². The molecule has 11 heteroatoms. The summed E-state index contributed by atoms with van der Waals surface area (Å²) < 4.78 is 12.1. The number of piperazine rings is 1. The molecule has 0 saturated carbocycles. The van der Waals surface area contributed by atoms with Gasteiger partial charge >= 0.3 is 0 Å². The van der Waals surface area contributed by atoms with Crippen molar-refractivity contribution >= 4 is 45.4 Å². The van der Waals surface area contributed by atoms with Crippen molar-refractivity contribution in [3.05, 3.63) is 35.0 Å². The van der Waals surface area contributed by atoms with E-state index in [4.69, 9.17) is 21.7 Å². The zero-order chi connectivity index (χ0) is 24.9. The largest absolute Gasteiger partial charge is 0.493 e. The molecule has 1 aromatic carbocycles. The second-order valence-electron chi connectivity index (χ2n) is 9.16. The summed E-state index contributed by atoms with van der Waals surface area (Å²) in [5.41, 5.74) is 0.850. The molecule has 2 aromatic heterocycles. The Morgan fingerprint density at radius 2 is 2.06 bits per heavy atom. The molecule has 2 N–H and O–H groups in total. The Hall–Kier alpha value is -2.76. The highest BCUT2D eigenvalue weighted by atomic mass is 32.1. The standard InChI is InChI=1S/C25H33N7O2S2/c1-17(19-5-3-4-6-26-19)34-22-14-20-18(13-21(22)33-2)24(30-16-29-20)31-8-10-32(11-9-31)25(35)28-15-23-27-7-12-36-23/h7,12-14,16-17,19,26H,3-6,8-11,15H2,1-2H3,(H,28,35). The van der Waals surface area contributed by atoms with Crippen molar-refractivity contribution in [2.45, 2.75) is 44.9 Å². The van der Waals surface area contributed by atoms with E-state index in [1.54, 1.807) is 24.8 Å². The van der Waals surface area contributed by atoms with Crippen molar-refractivity contribution in [1.29, 1.82) is 0 Å². The molecule has 192 valence electrons. The normalized spacial score (nSPS) is 19.2. The van der Waals surface area contributed by atoms with Crippen molar-refractivity contribution in [1.82, 2.24) is 30.5 Å². The summed E-state index contributed by atoms with van der Waals surface area (Å²) in [5.74, 6) is 2.33. The molecule has 2 aliphatic heterocycles. The zero-order valence-corrected chi connectivity index (χ0v) is 22.4.